The van der Waals surface area contributed by atoms with Crippen LogP contribution in [-0.4, -0.2) is 65.6 Å². The number of thiazole rings is 1. The van der Waals surface area contributed by atoms with Crippen LogP contribution in [-0.2, 0) is 4.79 Å². The second kappa shape index (κ2) is 9.55. The molecule has 1 aromatic carbocycles. The van der Waals surface area contributed by atoms with E-state index in [2.05, 4.69) is 43.5 Å². The van der Waals surface area contributed by atoms with Gasteiger partial charge in [0.15, 0.2) is 5.13 Å². The molecule has 0 saturated carbocycles. The number of nitrogens with zero attached hydrogens (tertiary/aromatic N) is 5. The minimum absolute atomic E-state index is 0.0421. The zero-order valence-corrected chi connectivity index (χ0v) is 20.5. The number of carbonyl (C=O) groups excluding carboxylic acids is 1. The van der Waals surface area contributed by atoms with Gasteiger partial charge in [0.25, 0.3) is 0 Å². The quantitative estimate of drug-likeness (QED) is 0.575. The highest BCUT2D eigenvalue weighted by molar-refractivity contribution is 7.14. The first-order valence-corrected chi connectivity index (χ1v) is 12.4. The maximum atomic E-state index is 11.6. The van der Waals surface area contributed by atoms with Gasteiger partial charge < -0.3 is 25.2 Å². The molecule has 1 amide bonds. The van der Waals surface area contributed by atoms with Crippen molar-refractivity contribution in [2.75, 3.05) is 50.1 Å². The van der Waals surface area contributed by atoms with E-state index in [1.807, 2.05) is 30.5 Å². The second-order valence-electron chi connectivity index (χ2n) is 8.75. The Morgan fingerprint density at radius 3 is 2.76 bits per heavy atom. The average Bonchev–Trinajstić information content (AvgIpc) is 3.27. The zero-order valence-electron chi connectivity index (χ0n) is 19.7. The second-order valence-corrected chi connectivity index (χ2v) is 9.61. The van der Waals surface area contributed by atoms with E-state index in [1.54, 1.807) is 6.92 Å². The van der Waals surface area contributed by atoms with E-state index < -0.39 is 0 Å². The fraction of sp³-hybridized carbons (Fsp3) is 0.417. The SMILES string of the molecule is CC(=O)NC1CCOc2ccc(-c3csc(Nc4cc(N5CCN(C)CC5)nc(C)n4)n3)cc21. The minimum atomic E-state index is -0.0468. The fourth-order valence-electron chi connectivity index (χ4n) is 4.34. The molecule has 10 heteroatoms. The van der Waals surface area contributed by atoms with Gasteiger partial charge in [-0.15, -0.1) is 11.3 Å². The van der Waals surface area contributed by atoms with Crippen LogP contribution in [0.4, 0.5) is 16.8 Å². The predicted molar refractivity (Wildman–Crippen MR) is 134 cm³/mol. The van der Waals surface area contributed by atoms with Crippen LogP contribution in [0, 0.1) is 6.92 Å². The van der Waals surface area contributed by atoms with Gasteiger partial charge in [0.2, 0.25) is 5.91 Å². The molecule has 0 bridgehead atoms. The molecular weight excluding hydrogens is 450 g/mol. The number of amides is 1. The third kappa shape index (κ3) is 4.97. The Balaban J connectivity index is 1.35. The van der Waals surface area contributed by atoms with Gasteiger partial charge in [-0.25, -0.2) is 15.0 Å². The summed E-state index contributed by atoms with van der Waals surface area (Å²) in [6.07, 6.45) is 0.753. The highest BCUT2D eigenvalue weighted by atomic mass is 32.1. The van der Waals surface area contributed by atoms with Crippen LogP contribution in [0.3, 0.4) is 0 Å². The van der Waals surface area contributed by atoms with Crippen LogP contribution in [0.5, 0.6) is 5.75 Å². The van der Waals surface area contributed by atoms with Gasteiger partial charge in [-0.1, -0.05) is 0 Å². The Hall–Kier alpha value is -3.24. The summed E-state index contributed by atoms with van der Waals surface area (Å²) < 4.78 is 5.79. The Kier molecular flexibility index (Phi) is 6.34. The molecule has 2 aliphatic heterocycles. The standard InChI is InChI=1S/C24H29N7O2S/c1-15-25-22(13-23(26-15)31-9-7-30(3)8-10-31)29-24-28-20(14-34-24)17-4-5-21-18(12-17)19(6-11-33-21)27-16(2)32/h4-5,12-14,19H,6-11H2,1-3H3,(H,27,32)(H,25,26,28,29). The maximum Gasteiger partial charge on any atom is 0.217 e. The Morgan fingerprint density at radius 2 is 1.97 bits per heavy atom. The molecule has 1 unspecified atom stereocenters. The number of anilines is 3. The lowest BCUT2D eigenvalue weighted by Gasteiger charge is -2.33. The molecule has 2 aliphatic rings. The first-order valence-electron chi connectivity index (χ1n) is 11.5. The largest absolute Gasteiger partial charge is 0.493 e. The van der Waals surface area contributed by atoms with Gasteiger partial charge in [-0.2, -0.15) is 0 Å². The molecule has 3 aromatic rings. The number of hydrogen-bond donors (Lipinski definition) is 2. The number of aromatic nitrogens is 3. The van der Waals surface area contributed by atoms with Crippen LogP contribution in [0.2, 0.25) is 0 Å². The van der Waals surface area contributed by atoms with Crippen LogP contribution in [0.15, 0.2) is 29.6 Å². The van der Waals surface area contributed by atoms with Gasteiger partial charge in [0.1, 0.15) is 23.2 Å². The van der Waals surface area contributed by atoms with Crippen molar-refractivity contribution in [3.63, 3.8) is 0 Å². The molecule has 0 radical (unpaired) electrons. The maximum absolute atomic E-state index is 11.6. The molecular formula is C24H29N7O2S. The lowest BCUT2D eigenvalue weighted by molar-refractivity contribution is -0.119. The molecule has 1 fully saturated rings. The smallest absolute Gasteiger partial charge is 0.217 e. The topological polar surface area (TPSA) is 95.5 Å². The van der Waals surface area contributed by atoms with E-state index in [1.165, 1.54) is 11.3 Å². The van der Waals surface area contributed by atoms with E-state index in [9.17, 15) is 4.79 Å². The molecule has 5 rings (SSSR count). The molecule has 0 aliphatic carbocycles. The summed E-state index contributed by atoms with van der Waals surface area (Å²) in [5.41, 5.74) is 2.85. The minimum Gasteiger partial charge on any atom is -0.493 e. The van der Waals surface area contributed by atoms with E-state index in [0.717, 1.165) is 77.8 Å². The van der Waals surface area contributed by atoms with Crippen LogP contribution in [0.1, 0.15) is 30.8 Å². The summed E-state index contributed by atoms with van der Waals surface area (Å²) in [6.45, 7) is 8.01. The number of carbonyl (C=O) groups is 1. The van der Waals surface area contributed by atoms with E-state index in [4.69, 9.17) is 9.72 Å². The summed E-state index contributed by atoms with van der Waals surface area (Å²) >= 11 is 1.53. The van der Waals surface area contributed by atoms with E-state index in [0.29, 0.717) is 6.61 Å². The monoisotopic (exact) mass is 479 g/mol. The molecule has 34 heavy (non-hydrogen) atoms. The Labute approximate surface area is 203 Å². The molecule has 2 aromatic heterocycles. The number of rotatable bonds is 5. The highest BCUT2D eigenvalue weighted by Crippen LogP contribution is 2.36. The number of fused-ring (bicyclic) bond motifs is 1. The van der Waals surface area contributed by atoms with Gasteiger partial charge in [-0.05, 0) is 32.2 Å². The summed E-state index contributed by atoms with van der Waals surface area (Å²) in [4.78, 5) is 30.3. The number of aryl methyl sites for hydroxylation is 1. The number of ether oxygens (including phenoxy) is 1. The first kappa shape index (κ1) is 22.5. The van der Waals surface area contributed by atoms with Crippen LogP contribution in [0.25, 0.3) is 11.3 Å². The van der Waals surface area contributed by atoms with Crippen LogP contribution >= 0.6 is 11.3 Å². The average molecular weight is 480 g/mol. The van der Waals surface area contributed by atoms with Crippen molar-refractivity contribution in [3.05, 3.63) is 41.0 Å². The number of benzene rings is 1. The summed E-state index contributed by atoms with van der Waals surface area (Å²) in [7, 11) is 2.14. The molecule has 4 heterocycles. The molecule has 9 nitrogen and oxygen atoms in total. The van der Waals surface area contributed by atoms with Gasteiger partial charge in [-0.3, -0.25) is 4.79 Å². The van der Waals surface area contributed by atoms with Crippen molar-refractivity contribution in [1.29, 1.82) is 0 Å². The van der Waals surface area contributed by atoms with Crippen molar-refractivity contribution in [1.82, 2.24) is 25.2 Å². The van der Waals surface area contributed by atoms with Crippen molar-refractivity contribution in [3.8, 4) is 17.0 Å². The Morgan fingerprint density at radius 1 is 1.15 bits per heavy atom. The fourth-order valence-corrected chi connectivity index (χ4v) is 5.06. The number of piperazine rings is 1. The molecule has 178 valence electrons. The highest BCUT2D eigenvalue weighted by Gasteiger charge is 2.23. The number of nitrogens with one attached hydrogen (secondary N) is 2. The normalized spacial score (nSPS) is 18.2. The molecule has 2 N–H and O–H groups in total. The van der Waals surface area contributed by atoms with Crippen molar-refractivity contribution in [2.24, 2.45) is 0 Å². The lowest BCUT2D eigenvalue weighted by Crippen LogP contribution is -2.44. The van der Waals surface area contributed by atoms with E-state index in [-0.39, 0.29) is 11.9 Å². The third-order valence-electron chi connectivity index (χ3n) is 6.11. The summed E-state index contributed by atoms with van der Waals surface area (Å²) in [5.74, 6) is 3.19. The van der Waals surface area contributed by atoms with Crippen LogP contribution < -0.4 is 20.3 Å². The third-order valence-corrected chi connectivity index (χ3v) is 6.87. The summed E-state index contributed by atoms with van der Waals surface area (Å²) in [5, 5.41) is 9.18. The van der Waals surface area contributed by atoms with E-state index >= 15 is 0 Å². The van der Waals surface area contributed by atoms with Gasteiger partial charge >= 0.3 is 0 Å². The van der Waals surface area contributed by atoms with Gasteiger partial charge in [0.05, 0.1) is 18.3 Å². The number of likely N-dealkylation sites (N-methyl/N-ethyl adjacent to an activating group) is 1. The first-order chi connectivity index (χ1) is 16.4. The van der Waals surface area contributed by atoms with Crippen molar-refractivity contribution >= 4 is 34.0 Å². The Bertz CT molecular complexity index is 1190. The predicted octanol–water partition coefficient (Wildman–Crippen LogP) is 3.36. The molecule has 0 spiro atoms. The number of hydrogen-bond acceptors (Lipinski definition) is 9. The van der Waals surface area contributed by atoms with Crippen molar-refractivity contribution in [2.45, 2.75) is 26.3 Å². The van der Waals surface area contributed by atoms with Gasteiger partial charge in [0, 0.05) is 62.1 Å². The lowest BCUT2D eigenvalue weighted by atomic mass is 9.97. The summed E-state index contributed by atoms with van der Waals surface area (Å²) in [6, 6.07) is 7.98. The molecule has 1 atom stereocenters. The zero-order chi connectivity index (χ0) is 23.7. The molecule has 1 saturated heterocycles. The van der Waals surface area contributed by atoms with Crippen molar-refractivity contribution < 1.29 is 9.53 Å².